The van der Waals surface area contributed by atoms with Crippen LogP contribution in [0.4, 0.5) is 0 Å². The minimum atomic E-state index is -0.147. The first-order chi connectivity index (χ1) is 5.79. The Bertz CT molecular complexity index is 270. The number of nitrogens with zero attached hydrogens (tertiary/aromatic N) is 1. The molecular formula is C9H13N3. The van der Waals surface area contributed by atoms with Crippen molar-refractivity contribution in [1.29, 1.82) is 0 Å². The summed E-state index contributed by atoms with van der Waals surface area (Å²) < 4.78 is 0. The van der Waals surface area contributed by atoms with Gasteiger partial charge in [0.1, 0.15) is 0 Å². The van der Waals surface area contributed by atoms with Crippen molar-refractivity contribution in [3.8, 4) is 0 Å². The molecule has 0 fully saturated rings. The molecule has 1 rings (SSSR count). The third kappa shape index (κ3) is 1.69. The molecule has 0 aliphatic carbocycles. The van der Waals surface area contributed by atoms with Crippen molar-refractivity contribution in [1.82, 2.24) is 4.98 Å². The molecule has 4 N–H and O–H groups in total. The molecule has 1 aromatic rings. The smallest absolute Gasteiger partial charge is 0.0440 e. The van der Waals surface area contributed by atoms with Crippen LogP contribution >= 0.6 is 0 Å². The van der Waals surface area contributed by atoms with Gasteiger partial charge in [-0.15, -0.1) is 0 Å². The van der Waals surface area contributed by atoms with E-state index in [0.29, 0.717) is 6.54 Å². The molecule has 1 unspecified atom stereocenters. The first-order valence-corrected chi connectivity index (χ1v) is 3.81. The van der Waals surface area contributed by atoms with E-state index in [1.807, 2.05) is 6.07 Å². The Morgan fingerprint density at radius 1 is 1.67 bits per heavy atom. The van der Waals surface area contributed by atoms with Crippen LogP contribution in [0.15, 0.2) is 25.0 Å². The second kappa shape index (κ2) is 3.99. The zero-order valence-corrected chi connectivity index (χ0v) is 6.90. The van der Waals surface area contributed by atoms with Crippen LogP contribution in [-0.2, 0) is 0 Å². The Morgan fingerprint density at radius 2 is 2.42 bits per heavy atom. The second-order valence-electron chi connectivity index (χ2n) is 2.55. The van der Waals surface area contributed by atoms with Gasteiger partial charge < -0.3 is 11.5 Å². The predicted octanol–water partition coefficient (Wildman–Crippen LogP) is 0.683. The molecule has 0 aliphatic rings. The molecule has 0 spiro atoms. The molecule has 1 aromatic heterocycles. The number of hydrogen-bond acceptors (Lipinski definition) is 3. The average Bonchev–Trinajstić information content (AvgIpc) is 2.16. The van der Waals surface area contributed by atoms with Crippen LogP contribution in [0.1, 0.15) is 17.2 Å². The summed E-state index contributed by atoms with van der Waals surface area (Å²) in [5.74, 6) is 0. The van der Waals surface area contributed by atoms with Crippen molar-refractivity contribution >= 4 is 6.08 Å². The van der Waals surface area contributed by atoms with E-state index < -0.39 is 0 Å². The molecule has 0 radical (unpaired) electrons. The third-order valence-electron chi connectivity index (χ3n) is 1.76. The number of nitrogens with two attached hydrogens (primary N) is 2. The molecule has 64 valence electrons. The number of hydrogen-bond donors (Lipinski definition) is 2. The summed E-state index contributed by atoms with van der Waals surface area (Å²) in [7, 11) is 0. The summed E-state index contributed by atoms with van der Waals surface area (Å²) >= 11 is 0. The van der Waals surface area contributed by atoms with E-state index in [4.69, 9.17) is 11.5 Å². The summed E-state index contributed by atoms with van der Waals surface area (Å²) in [6, 6.07) is 1.73. The molecule has 0 amide bonds. The lowest BCUT2D eigenvalue weighted by atomic mass is 10.0. The fourth-order valence-electron chi connectivity index (χ4n) is 1.04. The molecule has 0 saturated heterocycles. The summed E-state index contributed by atoms with van der Waals surface area (Å²) in [4.78, 5) is 3.98. The van der Waals surface area contributed by atoms with Crippen LogP contribution < -0.4 is 11.5 Å². The van der Waals surface area contributed by atoms with Crippen LogP contribution in [0.3, 0.4) is 0 Å². The van der Waals surface area contributed by atoms with E-state index in [1.165, 1.54) is 0 Å². The van der Waals surface area contributed by atoms with Gasteiger partial charge in [0.15, 0.2) is 0 Å². The molecule has 0 saturated carbocycles. The highest BCUT2D eigenvalue weighted by Gasteiger charge is 2.06. The maximum Gasteiger partial charge on any atom is 0.0440 e. The highest BCUT2D eigenvalue weighted by atomic mass is 14.7. The van der Waals surface area contributed by atoms with E-state index in [2.05, 4.69) is 11.6 Å². The maximum atomic E-state index is 5.76. The quantitative estimate of drug-likeness (QED) is 0.688. The highest BCUT2D eigenvalue weighted by Crippen LogP contribution is 2.14. The van der Waals surface area contributed by atoms with Gasteiger partial charge in [0.25, 0.3) is 0 Å². The fourth-order valence-corrected chi connectivity index (χ4v) is 1.04. The SMILES string of the molecule is C=Cc1ccncc1C(N)CN. The van der Waals surface area contributed by atoms with Crippen molar-refractivity contribution in [3.05, 3.63) is 36.2 Å². The van der Waals surface area contributed by atoms with Gasteiger partial charge in [-0.05, 0) is 17.2 Å². The van der Waals surface area contributed by atoms with E-state index in [9.17, 15) is 0 Å². The van der Waals surface area contributed by atoms with Crippen molar-refractivity contribution in [2.75, 3.05) is 6.54 Å². The van der Waals surface area contributed by atoms with Gasteiger partial charge >= 0.3 is 0 Å². The molecular weight excluding hydrogens is 150 g/mol. The van der Waals surface area contributed by atoms with Crippen molar-refractivity contribution < 1.29 is 0 Å². The van der Waals surface area contributed by atoms with Crippen molar-refractivity contribution in [3.63, 3.8) is 0 Å². The van der Waals surface area contributed by atoms with Crippen LogP contribution in [0.2, 0.25) is 0 Å². The normalized spacial score (nSPS) is 12.5. The van der Waals surface area contributed by atoms with Crippen LogP contribution in [-0.4, -0.2) is 11.5 Å². The molecule has 1 heterocycles. The Labute approximate surface area is 72.1 Å². The molecule has 0 bridgehead atoms. The molecule has 12 heavy (non-hydrogen) atoms. The van der Waals surface area contributed by atoms with Crippen LogP contribution in [0.25, 0.3) is 6.08 Å². The predicted molar refractivity (Wildman–Crippen MR) is 50.3 cm³/mol. The molecule has 1 atom stereocenters. The molecule has 3 heteroatoms. The van der Waals surface area contributed by atoms with Crippen molar-refractivity contribution in [2.24, 2.45) is 11.5 Å². The Kier molecular flexibility index (Phi) is 2.96. The first-order valence-electron chi connectivity index (χ1n) is 3.81. The Hall–Kier alpha value is -1.19. The van der Waals surface area contributed by atoms with E-state index in [-0.39, 0.29) is 6.04 Å². The largest absolute Gasteiger partial charge is 0.329 e. The number of pyridine rings is 1. The molecule has 0 aliphatic heterocycles. The zero-order chi connectivity index (χ0) is 8.97. The summed E-state index contributed by atoms with van der Waals surface area (Å²) in [5, 5.41) is 0. The van der Waals surface area contributed by atoms with Gasteiger partial charge in [-0.25, -0.2) is 0 Å². The zero-order valence-electron chi connectivity index (χ0n) is 6.90. The molecule has 3 nitrogen and oxygen atoms in total. The summed E-state index contributed by atoms with van der Waals surface area (Å²) in [6.07, 6.45) is 5.20. The van der Waals surface area contributed by atoms with Gasteiger partial charge in [0.05, 0.1) is 0 Å². The minimum Gasteiger partial charge on any atom is -0.329 e. The lowest BCUT2D eigenvalue weighted by Crippen LogP contribution is -2.21. The lowest BCUT2D eigenvalue weighted by molar-refractivity contribution is 0.731. The Balaban J connectivity index is 3.04. The van der Waals surface area contributed by atoms with Gasteiger partial charge in [0.2, 0.25) is 0 Å². The van der Waals surface area contributed by atoms with Gasteiger partial charge in [-0.3, -0.25) is 4.98 Å². The lowest BCUT2D eigenvalue weighted by Gasteiger charge is -2.10. The fraction of sp³-hybridized carbons (Fsp3) is 0.222. The first kappa shape index (κ1) is 8.90. The number of rotatable bonds is 3. The van der Waals surface area contributed by atoms with Gasteiger partial charge in [0, 0.05) is 25.0 Å². The van der Waals surface area contributed by atoms with E-state index in [1.54, 1.807) is 18.5 Å². The van der Waals surface area contributed by atoms with Crippen molar-refractivity contribution in [2.45, 2.75) is 6.04 Å². The topological polar surface area (TPSA) is 64.9 Å². The standard InChI is InChI=1S/C9H13N3/c1-2-7-3-4-12-6-8(7)9(11)5-10/h2-4,6,9H,1,5,10-11H2. The monoisotopic (exact) mass is 163 g/mol. The van der Waals surface area contributed by atoms with Gasteiger partial charge in [-0.1, -0.05) is 12.7 Å². The maximum absolute atomic E-state index is 5.76. The average molecular weight is 163 g/mol. The summed E-state index contributed by atoms with van der Waals surface area (Å²) in [5.41, 5.74) is 13.2. The van der Waals surface area contributed by atoms with Crippen LogP contribution in [0, 0.1) is 0 Å². The van der Waals surface area contributed by atoms with E-state index >= 15 is 0 Å². The Morgan fingerprint density at radius 3 is 3.00 bits per heavy atom. The van der Waals surface area contributed by atoms with Gasteiger partial charge in [-0.2, -0.15) is 0 Å². The second-order valence-corrected chi connectivity index (χ2v) is 2.55. The third-order valence-corrected chi connectivity index (χ3v) is 1.76. The van der Waals surface area contributed by atoms with Crippen LogP contribution in [0.5, 0.6) is 0 Å². The molecule has 0 aromatic carbocycles. The minimum absolute atomic E-state index is 0.147. The van der Waals surface area contributed by atoms with E-state index in [0.717, 1.165) is 11.1 Å². The highest BCUT2D eigenvalue weighted by molar-refractivity contribution is 5.51. The number of aromatic nitrogens is 1. The summed E-state index contributed by atoms with van der Waals surface area (Å²) in [6.45, 7) is 4.11.